The summed E-state index contributed by atoms with van der Waals surface area (Å²) >= 11 is 0. The first-order valence-electron chi connectivity index (χ1n) is 6.59. The van der Waals surface area contributed by atoms with Gasteiger partial charge in [0, 0.05) is 6.07 Å². The lowest BCUT2D eigenvalue weighted by Crippen LogP contribution is -2.12. The van der Waals surface area contributed by atoms with E-state index < -0.39 is 10.0 Å². The van der Waals surface area contributed by atoms with Gasteiger partial charge in [0.2, 0.25) is 0 Å². The molecule has 2 aromatic carbocycles. The van der Waals surface area contributed by atoms with Crippen molar-refractivity contribution in [2.24, 2.45) is 0 Å². The highest BCUT2D eigenvalue weighted by Crippen LogP contribution is 2.29. The lowest BCUT2D eigenvalue weighted by atomic mass is 10.3. The fourth-order valence-electron chi connectivity index (χ4n) is 1.85. The number of anilines is 1. The zero-order chi connectivity index (χ0) is 16.2. The van der Waals surface area contributed by atoms with E-state index >= 15 is 0 Å². The lowest BCUT2D eigenvalue weighted by Gasteiger charge is -2.10. The predicted molar refractivity (Wildman–Crippen MR) is 83.1 cm³/mol. The van der Waals surface area contributed by atoms with E-state index in [0.29, 0.717) is 12.4 Å². The first kappa shape index (κ1) is 16.0. The molecule has 0 aliphatic carbocycles. The van der Waals surface area contributed by atoms with E-state index in [1.54, 1.807) is 12.1 Å². The molecule has 2 rings (SSSR count). The Labute approximate surface area is 129 Å². The fraction of sp³-hybridized carbons (Fsp3) is 0.200. The van der Waals surface area contributed by atoms with Gasteiger partial charge in [-0.3, -0.25) is 4.72 Å². The van der Waals surface area contributed by atoms with Gasteiger partial charge >= 0.3 is 0 Å². The Hall–Kier alpha value is -2.41. The minimum atomic E-state index is -3.74. The molecule has 0 unspecified atom stereocenters. The third-order valence-electron chi connectivity index (χ3n) is 2.88. The molecule has 0 saturated carbocycles. The van der Waals surface area contributed by atoms with Crippen molar-refractivity contribution in [1.82, 2.24) is 0 Å². The van der Waals surface area contributed by atoms with Crippen LogP contribution in [0.1, 0.15) is 6.92 Å². The van der Waals surface area contributed by atoms with Crippen molar-refractivity contribution >= 4 is 15.7 Å². The standard InChI is InChI=1S/C15H17NO5S/c1-3-21-12-5-7-13(8-6-12)22(18,19)16-11-4-9-15(20-2)14(17)10-11/h4-10,16-17H,3H2,1-2H3. The third-order valence-corrected chi connectivity index (χ3v) is 4.27. The maximum atomic E-state index is 12.3. The van der Waals surface area contributed by atoms with Crippen LogP contribution in [0.3, 0.4) is 0 Å². The smallest absolute Gasteiger partial charge is 0.261 e. The van der Waals surface area contributed by atoms with Crippen molar-refractivity contribution in [3.05, 3.63) is 42.5 Å². The number of nitrogens with one attached hydrogen (secondary N) is 1. The summed E-state index contributed by atoms with van der Waals surface area (Å²) in [6.45, 7) is 2.36. The topological polar surface area (TPSA) is 84.9 Å². The average molecular weight is 323 g/mol. The van der Waals surface area contributed by atoms with Gasteiger partial charge in [-0.1, -0.05) is 0 Å². The number of methoxy groups -OCH3 is 1. The van der Waals surface area contributed by atoms with Gasteiger partial charge in [0.15, 0.2) is 11.5 Å². The zero-order valence-electron chi connectivity index (χ0n) is 12.2. The number of sulfonamides is 1. The first-order valence-corrected chi connectivity index (χ1v) is 8.07. The summed E-state index contributed by atoms with van der Waals surface area (Å²) in [5, 5.41) is 9.68. The molecular formula is C15H17NO5S. The number of hydrogen-bond donors (Lipinski definition) is 2. The molecule has 0 amide bonds. The normalized spacial score (nSPS) is 11.0. The van der Waals surface area contributed by atoms with Gasteiger partial charge in [-0.2, -0.15) is 0 Å². The van der Waals surface area contributed by atoms with Gasteiger partial charge in [-0.25, -0.2) is 8.42 Å². The number of aromatic hydroxyl groups is 1. The summed E-state index contributed by atoms with van der Waals surface area (Å²) in [6.07, 6.45) is 0. The molecule has 0 saturated heterocycles. The molecule has 2 aromatic rings. The predicted octanol–water partition coefficient (Wildman–Crippen LogP) is 2.60. The maximum Gasteiger partial charge on any atom is 0.261 e. The maximum absolute atomic E-state index is 12.3. The minimum absolute atomic E-state index is 0.103. The van der Waals surface area contributed by atoms with Crippen LogP contribution in [-0.2, 0) is 10.0 Å². The van der Waals surface area contributed by atoms with Crippen LogP contribution in [0.5, 0.6) is 17.2 Å². The van der Waals surface area contributed by atoms with Crippen LogP contribution in [0.25, 0.3) is 0 Å². The first-order chi connectivity index (χ1) is 10.5. The second-order valence-electron chi connectivity index (χ2n) is 4.40. The number of ether oxygens (including phenoxy) is 2. The highest BCUT2D eigenvalue weighted by atomic mass is 32.2. The summed E-state index contributed by atoms with van der Waals surface area (Å²) in [5.41, 5.74) is 0.243. The average Bonchev–Trinajstić information content (AvgIpc) is 2.48. The van der Waals surface area contributed by atoms with Gasteiger partial charge in [0.25, 0.3) is 10.0 Å². The largest absolute Gasteiger partial charge is 0.504 e. The summed E-state index contributed by atoms with van der Waals surface area (Å²) in [4.78, 5) is 0.103. The summed E-state index contributed by atoms with van der Waals surface area (Å²) in [6, 6.07) is 10.3. The molecule has 2 N–H and O–H groups in total. The SMILES string of the molecule is CCOc1ccc(S(=O)(=O)Nc2ccc(OC)c(O)c2)cc1. The van der Waals surface area contributed by atoms with E-state index in [2.05, 4.69) is 4.72 Å². The highest BCUT2D eigenvalue weighted by molar-refractivity contribution is 7.92. The molecule has 0 spiro atoms. The van der Waals surface area contributed by atoms with Crippen LogP contribution in [-0.4, -0.2) is 27.2 Å². The van der Waals surface area contributed by atoms with Crippen LogP contribution < -0.4 is 14.2 Å². The molecule has 118 valence electrons. The fourth-order valence-corrected chi connectivity index (χ4v) is 2.90. The van der Waals surface area contributed by atoms with Crippen molar-refractivity contribution in [2.75, 3.05) is 18.4 Å². The summed E-state index contributed by atoms with van der Waals surface area (Å²) in [5.74, 6) is 0.724. The summed E-state index contributed by atoms with van der Waals surface area (Å²) < 4.78 is 37.1. The van der Waals surface area contributed by atoms with E-state index in [9.17, 15) is 13.5 Å². The van der Waals surface area contributed by atoms with Crippen LogP contribution in [0.4, 0.5) is 5.69 Å². The number of rotatable bonds is 6. The molecule has 0 atom stereocenters. The van der Waals surface area contributed by atoms with Crippen LogP contribution in [0.15, 0.2) is 47.4 Å². The van der Waals surface area contributed by atoms with E-state index in [-0.39, 0.29) is 22.1 Å². The number of hydrogen-bond acceptors (Lipinski definition) is 5. The Bertz CT molecular complexity index is 741. The number of benzene rings is 2. The molecule has 0 fully saturated rings. The second kappa shape index (κ2) is 6.57. The van der Waals surface area contributed by atoms with E-state index in [1.165, 1.54) is 37.4 Å². The molecular weight excluding hydrogens is 306 g/mol. The van der Waals surface area contributed by atoms with E-state index in [4.69, 9.17) is 9.47 Å². The molecule has 0 aliphatic rings. The lowest BCUT2D eigenvalue weighted by molar-refractivity contribution is 0.340. The Morgan fingerprint density at radius 3 is 2.36 bits per heavy atom. The van der Waals surface area contributed by atoms with Crippen molar-refractivity contribution in [3.63, 3.8) is 0 Å². The Morgan fingerprint density at radius 2 is 1.82 bits per heavy atom. The van der Waals surface area contributed by atoms with Crippen molar-refractivity contribution < 1.29 is 23.0 Å². The van der Waals surface area contributed by atoms with Crippen molar-refractivity contribution in [2.45, 2.75) is 11.8 Å². The molecule has 0 heterocycles. The van der Waals surface area contributed by atoms with Gasteiger partial charge in [0.1, 0.15) is 5.75 Å². The molecule has 6 nitrogen and oxygen atoms in total. The third kappa shape index (κ3) is 3.62. The Balaban J connectivity index is 2.21. The van der Waals surface area contributed by atoms with E-state index in [1.807, 2.05) is 6.92 Å². The molecule has 7 heteroatoms. The highest BCUT2D eigenvalue weighted by Gasteiger charge is 2.15. The molecule has 22 heavy (non-hydrogen) atoms. The van der Waals surface area contributed by atoms with Crippen LogP contribution >= 0.6 is 0 Å². The molecule has 0 aromatic heterocycles. The molecule has 0 radical (unpaired) electrons. The molecule has 0 bridgehead atoms. The Morgan fingerprint density at radius 1 is 1.14 bits per heavy atom. The van der Waals surface area contributed by atoms with E-state index in [0.717, 1.165) is 0 Å². The van der Waals surface area contributed by atoms with Gasteiger partial charge in [-0.15, -0.1) is 0 Å². The minimum Gasteiger partial charge on any atom is -0.504 e. The van der Waals surface area contributed by atoms with Crippen molar-refractivity contribution in [1.29, 1.82) is 0 Å². The second-order valence-corrected chi connectivity index (χ2v) is 6.08. The van der Waals surface area contributed by atoms with Gasteiger partial charge in [-0.05, 0) is 43.3 Å². The van der Waals surface area contributed by atoms with Crippen LogP contribution in [0, 0.1) is 0 Å². The monoisotopic (exact) mass is 323 g/mol. The van der Waals surface area contributed by atoms with Crippen LogP contribution in [0.2, 0.25) is 0 Å². The van der Waals surface area contributed by atoms with Crippen molar-refractivity contribution in [3.8, 4) is 17.2 Å². The quantitative estimate of drug-likeness (QED) is 0.853. The Kier molecular flexibility index (Phi) is 4.77. The van der Waals surface area contributed by atoms with Gasteiger partial charge < -0.3 is 14.6 Å². The number of phenols is 1. The molecule has 0 aliphatic heterocycles. The van der Waals surface area contributed by atoms with Gasteiger partial charge in [0.05, 0.1) is 24.3 Å². The zero-order valence-corrected chi connectivity index (χ0v) is 13.1. The summed E-state index contributed by atoms with van der Waals surface area (Å²) in [7, 11) is -2.32. The number of phenolic OH excluding ortho intramolecular Hbond substituents is 1.